The van der Waals surface area contributed by atoms with Crippen molar-refractivity contribution in [1.82, 2.24) is 0 Å². The molecule has 0 amide bonds. The van der Waals surface area contributed by atoms with Crippen LogP contribution in [-0.4, -0.2) is 29.2 Å². The summed E-state index contributed by atoms with van der Waals surface area (Å²) in [5.41, 5.74) is -0.524. The van der Waals surface area contributed by atoms with E-state index in [2.05, 4.69) is 0 Å². The standard InChI is InChI=1S/C12H18O3/c13-6-11-4-10(15)5-12(11,7-14)9-2-1-8(11)3-9/h8-9,13-14H,1-7H2. The fraction of sp³-hybridized carbons (Fsp3) is 0.917. The van der Waals surface area contributed by atoms with Gasteiger partial charge < -0.3 is 10.2 Å². The summed E-state index contributed by atoms with van der Waals surface area (Å²) in [6.07, 6.45) is 4.41. The lowest BCUT2D eigenvalue weighted by molar-refractivity contribution is -0.118. The summed E-state index contributed by atoms with van der Waals surface area (Å²) in [6, 6.07) is 0. The maximum absolute atomic E-state index is 11.7. The second-order valence-electron chi connectivity index (χ2n) is 5.73. The van der Waals surface area contributed by atoms with Gasteiger partial charge in [0.15, 0.2) is 0 Å². The fourth-order valence-corrected chi connectivity index (χ4v) is 4.89. The molecule has 3 nitrogen and oxygen atoms in total. The number of rotatable bonds is 2. The van der Waals surface area contributed by atoms with E-state index in [0.717, 1.165) is 19.3 Å². The summed E-state index contributed by atoms with van der Waals surface area (Å²) >= 11 is 0. The zero-order valence-corrected chi connectivity index (χ0v) is 8.91. The molecule has 3 heteroatoms. The minimum Gasteiger partial charge on any atom is -0.396 e. The molecule has 3 aliphatic rings. The molecule has 2 N–H and O–H groups in total. The smallest absolute Gasteiger partial charge is 0.134 e. The summed E-state index contributed by atoms with van der Waals surface area (Å²) in [5.74, 6) is 1.20. The van der Waals surface area contributed by atoms with Crippen molar-refractivity contribution in [3.8, 4) is 0 Å². The maximum atomic E-state index is 11.7. The fourth-order valence-electron chi connectivity index (χ4n) is 4.89. The lowest BCUT2D eigenvalue weighted by atomic mass is 9.58. The van der Waals surface area contributed by atoms with Gasteiger partial charge in [-0.3, -0.25) is 4.79 Å². The lowest BCUT2D eigenvalue weighted by Crippen LogP contribution is -2.47. The monoisotopic (exact) mass is 210 g/mol. The van der Waals surface area contributed by atoms with Crippen LogP contribution < -0.4 is 0 Å². The van der Waals surface area contributed by atoms with E-state index in [0.29, 0.717) is 24.7 Å². The van der Waals surface area contributed by atoms with E-state index < -0.39 is 0 Å². The highest BCUT2D eigenvalue weighted by atomic mass is 16.3. The number of carbonyl (C=O) groups excluding carboxylic acids is 1. The first-order valence-electron chi connectivity index (χ1n) is 5.92. The topological polar surface area (TPSA) is 57.5 Å². The molecule has 15 heavy (non-hydrogen) atoms. The molecule has 4 unspecified atom stereocenters. The molecule has 3 aliphatic carbocycles. The van der Waals surface area contributed by atoms with Gasteiger partial charge in [0.25, 0.3) is 0 Å². The van der Waals surface area contributed by atoms with Crippen LogP contribution in [-0.2, 0) is 4.79 Å². The summed E-state index contributed by atoms with van der Waals surface area (Å²) < 4.78 is 0. The number of hydrogen-bond donors (Lipinski definition) is 2. The Morgan fingerprint density at radius 1 is 1.07 bits per heavy atom. The Bertz CT molecular complexity index is 286. The van der Waals surface area contributed by atoms with Gasteiger partial charge in [0.1, 0.15) is 5.78 Å². The van der Waals surface area contributed by atoms with Gasteiger partial charge in [0.2, 0.25) is 0 Å². The summed E-state index contributed by atoms with van der Waals surface area (Å²) in [6.45, 7) is 0.168. The third-order valence-corrected chi connectivity index (χ3v) is 5.58. The van der Waals surface area contributed by atoms with E-state index in [1.54, 1.807) is 0 Å². The van der Waals surface area contributed by atoms with Crippen molar-refractivity contribution in [2.45, 2.75) is 32.1 Å². The Balaban J connectivity index is 2.10. The van der Waals surface area contributed by atoms with E-state index in [-0.39, 0.29) is 29.8 Å². The van der Waals surface area contributed by atoms with Crippen molar-refractivity contribution in [2.24, 2.45) is 22.7 Å². The molecule has 0 heterocycles. The number of ketones is 1. The third kappa shape index (κ3) is 0.878. The molecule has 3 fully saturated rings. The number of Topliss-reactive ketones (excluding diaryl/α,β-unsaturated/α-hetero) is 1. The molecule has 0 aliphatic heterocycles. The van der Waals surface area contributed by atoms with Gasteiger partial charge in [-0.25, -0.2) is 0 Å². The number of fused-ring (bicyclic) bond motifs is 5. The lowest BCUT2D eigenvalue weighted by Gasteiger charge is -2.46. The van der Waals surface area contributed by atoms with Gasteiger partial charge in [-0.1, -0.05) is 0 Å². The van der Waals surface area contributed by atoms with E-state index in [9.17, 15) is 15.0 Å². The summed E-state index contributed by atoms with van der Waals surface area (Å²) in [4.78, 5) is 11.7. The second-order valence-corrected chi connectivity index (χ2v) is 5.73. The van der Waals surface area contributed by atoms with Crippen molar-refractivity contribution in [1.29, 1.82) is 0 Å². The van der Waals surface area contributed by atoms with Crippen LogP contribution in [0.5, 0.6) is 0 Å². The van der Waals surface area contributed by atoms with Gasteiger partial charge in [0.05, 0.1) is 13.2 Å². The van der Waals surface area contributed by atoms with Crippen molar-refractivity contribution in [3.05, 3.63) is 0 Å². The Hall–Kier alpha value is -0.410. The Morgan fingerprint density at radius 2 is 1.53 bits per heavy atom. The molecule has 0 aromatic rings. The summed E-state index contributed by atoms with van der Waals surface area (Å²) in [5, 5.41) is 19.4. The van der Waals surface area contributed by atoms with Gasteiger partial charge in [0, 0.05) is 23.7 Å². The molecule has 84 valence electrons. The SMILES string of the molecule is O=C1CC2(CO)C3CCC(C3)C2(CO)C1. The average molecular weight is 210 g/mol. The first-order chi connectivity index (χ1) is 7.18. The average Bonchev–Trinajstić information content (AvgIpc) is 2.85. The van der Waals surface area contributed by atoms with Gasteiger partial charge >= 0.3 is 0 Å². The number of aliphatic hydroxyl groups is 2. The van der Waals surface area contributed by atoms with Crippen LogP contribution >= 0.6 is 0 Å². The van der Waals surface area contributed by atoms with Crippen LogP contribution in [0.25, 0.3) is 0 Å². The van der Waals surface area contributed by atoms with Gasteiger partial charge in [-0.15, -0.1) is 0 Å². The van der Waals surface area contributed by atoms with Crippen molar-refractivity contribution >= 4 is 5.78 Å². The van der Waals surface area contributed by atoms with Crippen LogP contribution in [0.3, 0.4) is 0 Å². The van der Waals surface area contributed by atoms with Gasteiger partial charge in [-0.05, 0) is 31.1 Å². The van der Waals surface area contributed by atoms with E-state index in [1.807, 2.05) is 0 Å². The number of hydrogen-bond acceptors (Lipinski definition) is 3. The molecule has 3 saturated carbocycles. The quantitative estimate of drug-likeness (QED) is 0.706. The Kier molecular flexibility index (Phi) is 1.85. The first kappa shape index (κ1) is 9.79. The Morgan fingerprint density at radius 3 is 1.93 bits per heavy atom. The highest BCUT2D eigenvalue weighted by Gasteiger charge is 2.70. The highest BCUT2D eigenvalue weighted by molar-refractivity contribution is 5.83. The van der Waals surface area contributed by atoms with Crippen LogP contribution in [0, 0.1) is 22.7 Å². The molecule has 4 atom stereocenters. The number of aliphatic hydroxyl groups excluding tert-OH is 2. The summed E-state index contributed by atoms with van der Waals surface area (Å²) in [7, 11) is 0. The predicted octanol–water partition coefficient (Wildman–Crippen LogP) is 0.737. The van der Waals surface area contributed by atoms with Crippen molar-refractivity contribution in [2.75, 3.05) is 13.2 Å². The molecule has 0 aromatic heterocycles. The third-order valence-electron chi connectivity index (χ3n) is 5.58. The Labute approximate surface area is 89.5 Å². The predicted molar refractivity (Wildman–Crippen MR) is 54.1 cm³/mol. The van der Waals surface area contributed by atoms with E-state index in [1.165, 1.54) is 0 Å². The molecular weight excluding hydrogens is 192 g/mol. The van der Waals surface area contributed by atoms with Crippen LogP contribution in [0.15, 0.2) is 0 Å². The number of carbonyl (C=O) groups is 1. The molecule has 3 rings (SSSR count). The van der Waals surface area contributed by atoms with Gasteiger partial charge in [-0.2, -0.15) is 0 Å². The van der Waals surface area contributed by atoms with Crippen LogP contribution in [0.2, 0.25) is 0 Å². The highest BCUT2D eigenvalue weighted by Crippen LogP contribution is 2.71. The van der Waals surface area contributed by atoms with E-state index in [4.69, 9.17) is 0 Å². The molecule has 0 radical (unpaired) electrons. The zero-order valence-electron chi connectivity index (χ0n) is 8.91. The molecule has 0 spiro atoms. The largest absolute Gasteiger partial charge is 0.396 e. The molecule has 2 bridgehead atoms. The molecular formula is C12H18O3. The van der Waals surface area contributed by atoms with Crippen molar-refractivity contribution in [3.63, 3.8) is 0 Å². The zero-order chi connectivity index (χ0) is 10.7. The minimum atomic E-state index is -0.262. The second kappa shape index (κ2) is 2.83. The normalized spacial score (nSPS) is 52.5. The minimum absolute atomic E-state index is 0.0838. The molecule has 0 saturated heterocycles. The molecule has 0 aromatic carbocycles. The van der Waals surface area contributed by atoms with Crippen LogP contribution in [0.4, 0.5) is 0 Å². The maximum Gasteiger partial charge on any atom is 0.134 e. The van der Waals surface area contributed by atoms with E-state index >= 15 is 0 Å². The van der Waals surface area contributed by atoms with Crippen LogP contribution in [0.1, 0.15) is 32.1 Å². The van der Waals surface area contributed by atoms with Crippen molar-refractivity contribution < 1.29 is 15.0 Å². The first-order valence-corrected chi connectivity index (χ1v) is 5.92.